The SMILES string of the molecule is CC12CCN(C(=O)c3ccc4nc[nH]c4c3)C(Cc3c(C=O)cccc31)C2(C)C. The van der Waals surface area contributed by atoms with Gasteiger partial charge >= 0.3 is 0 Å². The molecule has 1 fully saturated rings. The van der Waals surface area contributed by atoms with Crippen molar-refractivity contribution in [2.45, 2.75) is 45.1 Å². The first-order chi connectivity index (χ1) is 13.9. The second-order valence-electron chi connectivity index (χ2n) is 9.15. The predicted molar refractivity (Wildman–Crippen MR) is 112 cm³/mol. The highest BCUT2D eigenvalue weighted by Crippen LogP contribution is 2.56. The van der Waals surface area contributed by atoms with E-state index in [4.69, 9.17) is 0 Å². The van der Waals surface area contributed by atoms with Gasteiger partial charge in [0.15, 0.2) is 0 Å². The van der Waals surface area contributed by atoms with Gasteiger partial charge in [-0.25, -0.2) is 4.98 Å². The molecule has 148 valence electrons. The van der Waals surface area contributed by atoms with Gasteiger partial charge in [0, 0.05) is 29.1 Å². The van der Waals surface area contributed by atoms with Crippen molar-refractivity contribution in [1.29, 1.82) is 0 Å². The molecular weight excluding hydrogens is 362 g/mol. The van der Waals surface area contributed by atoms with Crippen molar-refractivity contribution in [2.24, 2.45) is 5.41 Å². The molecule has 5 heteroatoms. The Kier molecular flexibility index (Phi) is 3.76. The Bertz CT molecular complexity index is 1150. The van der Waals surface area contributed by atoms with Gasteiger partial charge in [-0.2, -0.15) is 0 Å². The molecule has 2 unspecified atom stereocenters. The fourth-order valence-electron chi connectivity index (χ4n) is 5.56. The van der Waals surface area contributed by atoms with Gasteiger partial charge in [0.05, 0.1) is 17.4 Å². The van der Waals surface area contributed by atoms with Crippen molar-refractivity contribution < 1.29 is 9.59 Å². The van der Waals surface area contributed by atoms with E-state index < -0.39 is 0 Å². The molecular formula is C24H25N3O2. The van der Waals surface area contributed by atoms with E-state index in [0.29, 0.717) is 12.0 Å². The molecule has 5 nitrogen and oxygen atoms in total. The molecule has 2 aromatic carbocycles. The quantitative estimate of drug-likeness (QED) is 0.673. The lowest BCUT2D eigenvalue weighted by Gasteiger charge is -2.61. The third kappa shape index (κ3) is 2.36. The molecule has 3 aromatic rings. The van der Waals surface area contributed by atoms with E-state index in [1.54, 1.807) is 6.33 Å². The Morgan fingerprint density at radius 3 is 2.86 bits per heavy atom. The largest absolute Gasteiger partial charge is 0.345 e. The van der Waals surface area contributed by atoms with Gasteiger partial charge in [-0.1, -0.05) is 39.0 Å². The molecule has 0 spiro atoms. The Labute approximate surface area is 170 Å². The number of fused-ring (bicyclic) bond motifs is 5. The van der Waals surface area contributed by atoms with Crippen molar-refractivity contribution >= 4 is 23.2 Å². The van der Waals surface area contributed by atoms with Crippen LogP contribution in [-0.4, -0.2) is 39.6 Å². The lowest BCUT2D eigenvalue weighted by Crippen LogP contribution is -2.65. The number of nitrogens with zero attached hydrogens (tertiary/aromatic N) is 2. The van der Waals surface area contributed by atoms with Crippen LogP contribution in [0.2, 0.25) is 0 Å². The van der Waals surface area contributed by atoms with Crippen molar-refractivity contribution in [3.8, 4) is 0 Å². The molecule has 1 N–H and O–H groups in total. The molecule has 1 aromatic heterocycles. The van der Waals surface area contributed by atoms with E-state index in [2.05, 4.69) is 36.8 Å². The van der Waals surface area contributed by atoms with Crippen LogP contribution in [0.5, 0.6) is 0 Å². The van der Waals surface area contributed by atoms with Gasteiger partial charge in [0.1, 0.15) is 6.29 Å². The van der Waals surface area contributed by atoms with Crippen molar-refractivity contribution in [3.63, 3.8) is 0 Å². The van der Waals surface area contributed by atoms with Crippen LogP contribution < -0.4 is 0 Å². The minimum absolute atomic E-state index is 0.0415. The number of amides is 1. The number of aromatic amines is 1. The third-order valence-corrected chi connectivity index (χ3v) is 7.74. The first kappa shape index (κ1) is 18.1. The van der Waals surface area contributed by atoms with Crippen LogP contribution >= 0.6 is 0 Å². The van der Waals surface area contributed by atoms with Crippen LogP contribution in [0.25, 0.3) is 11.0 Å². The minimum atomic E-state index is -0.104. The van der Waals surface area contributed by atoms with Gasteiger partial charge in [0.25, 0.3) is 5.91 Å². The second-order valence-corrected chi connectivity index (χ2v) is 9.15. The number of aromatic nitrogens is 2. The highest BCUT2D eigenvalue weighted by atomic mass is 16.2. The first-order valence-corrected chi connectivity index (χ1v) is 10.2. The van der Waals surface area contributed by atoms with Crippen LogP contribution in [0, 0.1) is 5.41 Å². The lowest BCUT2D eigenvalue weighted by atomic mass is 9.50. The zero-order chi connectivity index (χ0) is 20.4. The number of rotatable bonds is 2. The standard InChI is InChI=1S/C24H25N3O2/c1-23(2)21-12-17-16(13-28)5-4-6-18(17)24(23,3)9-10-27(21)22(29)15-7-8-19-20(11-15)26-14-25-19/h4-8,11,13-14,21H,9-10,12H2,1-3H3,(H,25,26). The number of carbonyl (C=O) groups excluding carboxylic acids is 2. The summed E-state index contributed by atoms with van der Waals surface area (Å²) in [5, 5.41) is 0. The number of nitrogens with one attached hydrogen (secondary N) is 1. The fourth-order valence-corrected chi connectivity index (χ4v) is 5.56. The maximum atomic E-state index is 13.5. The van der Waals surface area contributed by atoms with E-state index in [0.717, 1.165) is 41.4 Å². The summed E-state index contributed by atoms with van der Waals surface area (Å²) in [4.78, 5) is 34.6. The number of likely N-dealkylation sites (tertiary alicyclic amines) is 1. The number of benzene rings is 2. The summed E-state index contributed by atoms with van der Waals surface area (Å²) in [6.07, 6.45) is 4.19. The molecule has 29 heavy (non-hydrogen) atoms. The van der Waals surface area contributed by atoms with Gasteiger partial charge in [-0.3, -0.25) is 9.59 Å². The summed E-state index contributed by atoms with van der Waals surface area (Å²) in [6, 6.07) is 11.7. The topological polar surface area (TPSA) is 66.1 Å². The summed E-state index contributed by atoms with van der Waals surface area (Å²) >= 11 is 0. The molecule has 2 aliphatic rings. The van der Waals surface area contributed by atoms with Gasteiger partial charge in [-0.05, 0) is 47.6 Å². The number of imidazole rings is 1. The van der Waals surface area contributed by atoms with E-state index in [9.17, 15) is 9.59 Å². The van der Waals surface area contributed by atoms with E-state index in [1.165, 1.54) is 5.56 Å². The average molecular weight is 387 g/mol. The van der Waals surface area contributed by atoms with E-state index >= 15 is 0 Å². The number of carbonyl (C=O) groups is 2. The van der Waals surface area contributed by atoms with Crippen molar-refractivity contribution in [3.05, 3.63) is 65.0 Å². The Balaban J connectivity index is 1.59. The zero-order valence-corrected chi connectivity index (χ0v) is 17.0. The normalized spacial score (nSPS) is 24.9. The second kappa shape index (κ2) is 6.02. The summed E-state index contributed by atoms with van der Waals surface area (Å²) in [6.45, 7) is 7.55. The monoisotopic (exact) mass is 387 g/mol. The van der Waals surface area contributed by atoms with Crippen molar-refractivity contribution in [1.82, 2.24) is 14.9 Å². The number of H-pyrrole nitrogens is 1. The van der Waals surface area contributed by atoms with Crippen LogP contribution in [-0.2, 0) is 11.8 Å². The molecule has 1 aliphatic heterocycles. The third-order valence-electron chi connectivity index (χ3n) is 7.74. The highest BCUT2D eigenvalue weighted by molar-refractivity contribution is 5.97. The van der Waals surface area contributed by atoms with Gasteiger partial charge < -0.3 is 9.88 Å². The van der Waals surface area contributed by atoms with Crippen LogP contribution in [0.15, 0.2) is 42.7 Å². The van der Waals surface area contributed by atoms with Crippen LogP contribution in [0.3, 0.4) is 0 Å². The maximum Gasteiger partial charge on any atom is 0.254 e. The molecule has 1 saturated heterocycles. The molecule has 5 rings (SSSR count). The Morgan fingerprint density at radius 2 is 2.07 bits per heavy atom. The van der Waals surface area contributed by atoms with Crippen molar-refractivity contribution in [2.75, 3.05) is 6.54 Å². The minimum Gasteiger partial charge on any atom is -0.345 e. The zero-order valence-electron chi connectivity index (χ0n) is 17.0. The smallest absolute Gasteiger partial charge is 0.254 e. The van der Waals surface area contributed by atoms with Crippen LogP contribution in [0.4, 0.5) is 0 Å². The van der Waals surface area contributed by atoms with E-state index in [-0.39, 0.29) is 22.8 Å². The number of aldehydes is 1. The number of piperidine rings is 1. The Morgan fingerprint density at radius 1 is 1.24 bits per heavy atom. The molecule has 0 radical (unpaired) electrons. The highest BCUT2D eigenvalue weighted by Gasteiger charge is 2.57. The molecule has 2 atom stereocenters. The van der Waals surface area contributed by atoms with E-state index in [1.807, 2.05) is 35.2 Å². The average Bonchev–Trinajstić information content (AvgIpc) is 3.17. The number of hydrogen-bond donors (Lipinski definition) is 1. The molecule has 2 bridgehead atoms. The van der Waals surface area contributed by atoms with Gasteiger partial charge in [0.2, 0.25) is 0 Å². The molecule has 1 aliphatic carbocycles. The number of hydrogen-bond acceptors (Lipinski definition) is 3. The summed E-state index contributed by atoms with van der Waals surface area (Å²) < 4.78 is 0. The fraction of sp³-hybridized carbons (Fsp3) is 0.375. The predicted octanol–water partition coefficient (Wildman–Crippen LogP) is 4.13. The molecule has 2 heterocycles. The van der Waals surface area contributed by atoms with Gasteiger partial charge in [-0.15, -0.1) is 0 Å². The summed E-state index contributed by atoms with van der Waals surface area (Å²) in [5.41, 5.74) is 5.36. The maximum absolute atomic E-state index is 13.5. The summed E-state index contributed by atoms with van der Waals surface area (Å²) in [7, 11) is 0. The molecule has 1 amide bonds. The Hall–Kier alpha value is -2.95. The van der Waals surface area contributed by atoms with Crippen LogP contribution in [0.1, 0.15) is 59.0 Å². The lowest BCUT2D eigenvalue weighted by molar-refractivity contribution is -0.0262. The first-order valence-electron chi connectivity index (χ1n) is 10.2. The summed E-state index contributed by atoms with van der Waals surface area (Å²) in [5.74, 6) is 0.0497. The molecule has 0 saturated carbocycles.